The van der Waals surface area contributed by atoms with Gasteiger partial charge in [0.15, 0.2) is 0 Å². The molecule has 3 N–H and O–H groups in total. The van der Waals surface area contributed by atoms with E-state index < -0.39 is 54.4 Å². The van der Waals surface area contributed by atoms with Crippen molar-refractivity contribution >= 4 is 34.9 Å². The van der Waals surface area contributed by atoms with Gasteiger partial charge in [-0.05, 0) is 18.2 Å². The molecule has 0 bridgehead atoms. The predicted molar refractivity (Wildman–Crippen MR) is 87.9 cm³/mol. The molecule has 1 aromatic carbocycles. The van der Waals surface area contributed by atoms with Crippen molar-refractivity contribution in [2.75, 3.05) is 0 Å². The number of nitrogens with zero attached hydrogens (tertiary/aromatic N) is 1. The van der Waals surface area contributed by atoms with Gasteiger partial charge in [-0.2, -0.15) is 14.0 Å². The van der Waals surface area contributed by atoms with Crippen LogP contribution in [0.15, 0.2) is 18.2 Å². The molecule has 3 rings (SSSR count). The first-order valence-electron chi connectivity index (χ1n) is 7.45. The van der Waals surface area contributed by atoms with Gasteiger partial charge in [-0.15, -0.1) is 11.3 Å². The Balaban J connectivity index is 1.97. The third-order valence-corrected chi connectivity index (χ3v) is 6.47. The number of rotatable bonds is 4. The number of hydrogen-bond acceptors (Lipinski definition) is 4. The number of benzene rings is 1. The molecular formula is C15H11F4N2O4PS. The highest BCUT2D eigenvalue weighted by Crippen LogP contribution is 2.62. The van der Waals surface area contributed by atoms with E-state index in [2.05, 4.69) is 5.32 Å². The molecule has 2 aromatic rings. The Labute approximate surface area is 153 Å². The first-order chi connectivity index (χ1) is 12.4. The van der Waals surface area contributed by atoms with Crippen LogP contribution in [-0.4, -0.2) is 27.7 Å². The van der Waals surface area contributed by atoms with Crippen molar-refractivity contribution < 1.29 is 36.7 Å². The molecule has 1 aliphatic carbocycles. The Bertz CT molecular complexity index is 1020. The van der Waals surface area contributed by atoms with Gasteiger partial charge in [-0.25, -0.2) is 8.78 Å². The van der Waals surface area contributed by atoms with Crippen LogP contribution in [-0.2, 0) is 10.2 Å². The first-order valence-corrected chi connectivity index (χ1v) is 9.88. The lowest BCUT2D eigenvalue weighted by molar-refractivity contribution is -0.0901. The minimum absolute atomic E-state index is 0.0435. The van der Waals surface area contributed by atoms with Crippen molar-refractivity contribution in [3.63, 3.8) is 0 Å². The largest absolute Gasteiger partial charge is 0.400 e. The number of carbonyl (C=O) groups excluding carboxylic acids is 1. The Hall–Kier alpha value is -1.99. The molecule has 27 heavy (non-hydrogen) atoms. The summed E-state index contributed by atoms with van der Waals surface area (Å²) in [6.45, 7) is 0. The number of nitriles is 1. The molecule has 0 radical (unpaired) electrons. The van der Waals surface area contributed by atoms with Crippen molar-refractivity contribution in [1.29, 1.82) is 5.26 Å². The summed E-state index contributed by atoms with van der Waals surface area (Å²) in [5.74, 6) is -3.54. The van der Waals surface area contributed by atoms with Crippen LogP contribution in [0.1, 0.15) is 33.6 Å². The lowest BCUT2D eigenvalue weighted by Crippen LogP contribution is -2.50. The van der Waals surface area contributed by atoms with Crippen molar-refractivity contribution in [1.82, 2.24) is 5.32 Å². The molecule has 0 saturated heterocycles. The van der Waals surface area contributed by atoms with Gasteiger partial charge in [-0.1, -0.05) is 0 Å². The molecule has 1 fully saturated rings. The number of carbonyl (C=O) groups is 1. The molecule has 0 aliphatic heterocycles. The number of fused-ring (bicyclic) bond motifs is 1. The maximum atomic E-state index is 14.1. The summed E-state index contributed by atoms with van der Waals surface area (Å²) in [4.78, 5) is 28.9. The molecule has 1 amide bonds. The van der Waals surface area contributed by atoms with E-state index in [1.165, 1.54) is 18.2 Å². The second-order valence-corrected chi connectivity index (χ2v) is 8.85. The average Bonchev–Trinajstić information content (AvgIpc) is 2.90. The number of alkyl halides is 4. The number of thiophene rings is 1. The van der Waals surface area contributed by atoms with E-state index in [-0.39, 0.29) is 15.6 Å². The molecule has 1 saturated carbocycles. The Morgan fingerprint density at radius 2 is 2.00 bits per heavy atom. The summed E-state index contributed by atoms with van der Waals surface area (Å²) in [5.41, 5.74) is -5.24. The first kappa shape index (κ1) is 19.8. The highest BCUT2D eigenvalue weighted by atomic mass is 32.1. The fourth-order valence-electron chi connectivity index (χ4n) is 2.73. The van der Waals surface area contributed by atoms with Crippen molar-refractivity contribution in [2.24, 2.45) is 0 Å². The van der Waals surface area contributed by atoms with Crippen molar-refractivity contribution in [3.05, 3.63) is 34.2 Å². The van der Waals surface area contributed by atoms with Crippen LogP contribution >= 0.6 is 18.9 Å². The molecule has 0 atom stereocenters. The molecule has 1 aromatic heterocycles. The molecule has 12 heteroatoms. The predicted octanol–water partition coefficient (Wildman–Crippen LogP) is 3.53. The van der Waals surface area contributed by atoms with Gasteiger partial charge in [0.2, 0.25) is 0 Å². The monoisotopic (exact) mass is 422 g/mol. The van der Waals surface area contributed by atoms with Gasteiger partial charge < -0.3 is 15.1 Å². The second-order valence-electron chi connectivity index (χ2n) is 6.15. The van der Waals surface area contributed by atoms with Crippen LogP contribution in [0.2, 0.25) is 0 Å². The molecular weight excluding hydrogens is 411 g/mol. The van der Waals surface area contributed by atoms with E-state index in [4.69, 9.17) is 9.79 Å². The molecule has 0 unspecified atom stereocenters. The third-order valence-electron chi connectivity index (χ3n) is 4.13. The van der Waals surface area contributed by atoms with Gasteiger partial charge in [0.05, 0.1) is 5.56 Å². The summed E-state index contributed by atoms with van der Waals surface area (Å²) in [5, 5.41) is 11.5. The van der Waals surface area contributed by atoms with E-state index in [9.17, 15) is 32.2 Å². The molecule has 6 nitrogen and oxygen atoms in total. The van der Waals surface area contributed by atoms with E-state index in [0.29, 0.717) is 11.3 Å². The Morgan fingerprint density at radius 3 is 2.52 bits per heavy atom. The number of nitrogens with one attached hydrogen (secondary N) is 1. The standard InChI is InChI=1S/C15H11F4N2O4PS/c16-14(17)4-8(5-14)21-13(22)7-1-2-11-9(3-7)10(6-20)12(27-11)15(18,19)26(23,24)25/h1-3,8H,4-5H2,(H,21,22)(H2,23,24,25). The van der Waals surface area contributed by atoms with E-state index in [0.717, 1.165) is 6.07 Å². The van der Waals surface area contributed by atoms with Crippen LogP contribution in [0.25, 0.3) is 10.1 Å². The third kappa shape index (κ3) is 3.46. The lowest BCUT2D eigenvalue weighted by Gasteiger charge is -2.35. The van der Waals surface area contributed by atoms with Gasteiger partial charge in [0.1, 0.15) is 10.9 Å². The average molecular weight is 422 g/mol. The summed E-state index contributed by atoms with van der Waals surface area (Å²) < 4.78 is 65.0. The Kier molecular flexibility index (Phi) is 4.59. The maximum Gasteiger partial charge on any atom is 0.400 e. The zero-order chi connectivity index (χ0) is 20.2. The fraction of sp³-hybridized carbons (Fsp3) is 0.333. The van der Waals surface area contributed by atoms with E-state index in [1.54, 1.807) is 0 Å². The minimum atomic E-state index is -5.87. The molecule has 0 spiro atoms. The van der Waals surface area contributed by atoms with Crippen LogP contribution in [0, 0.1) is 11.3 Å². The second kappa shape index (κ2) is 6.27. The fourth-order valence-corrected chi connectivity index (χ4v) is 4.60. The van der Waals surface area contributed by atoms with Crippen LogP contribution in [0.5, 0.6) is 0 Å². The van der Waals surface area contributed by atoms with Gasteiger partial charge in [0.25, 0.3) is 11.8 Å². The maximum absolute atomic E-state index is 14.1. The topological polar surface area (TPSA) is 110 Å². The normalized spacial score (nSPS) is 17.4. The van der Waals surface area contributed by atoms with Crippen LogP contribution in [0.3, 0.4) is 0 Å². The Morgan fingerprint density at radius 1 is 1.37 bits per heavy atom. The highest BCUT2D eigenvalue weighted by molar-refractivity contribution is 7.53. The minimum Gasteiger partial charge on any atom is -0.349 e. The smallest absolute Gasteiger partial charge is 0.349 e. The summed E-state index contributed by atoms with van der Waals surface area (Å²) in [7, 11) is -5.87. The summed E-state index contributed by atoms with van der Waals surface area (Å²) >= 11 is 0.336. The quantitative estimate of drug-likeness (QED) is 0.516. The molecule has 144 valence electrons. The molecule has 1 aliphatic rings. The zero-order valence-corrected chi connectivity index (χ0v) is 15.0. The number of hydrogen-bond donors (Lipinski definition) is 3. The van der Waals surface area contributed by atoms with Gasteiger partial charge in [-0.3, -0.25) is 9.36 Å². The SMILES string of the molecule is N#Cc1c(C(F)(F)P(=O)(O)O)sc2ccc(C(=O)NC3CC(F)(F)C3)cc12. The number of amides is 1. The summed E-state index contributed by atoms with van der Waals surface area (Å²) in [6.07, 6.45) is -0.997. The van der Waals surface area contributed by atoms with Crippen molar-refractivity contribution in [2.45, 2.75) is 30.5 Å². The van der Waals surface area contributed by atoms with E-state index in [1.807, 2.05) is 0 Å². The lowest BCUT2D eigenvalue weighted by atomic mass is 9.88. The van der Waals surface area contributed by atoms with Gasteiger partial charge >= 0.3 is 13.3 Å². The molecule has 1 heterocycles. The zero-order valence-electron chi connectivity index (χ0n) is 13.2. The van der Waals surface area contributed by atoms with E-state index >= 15 is 0 Å². The highest BCUT2D eigenvalue weighted by Gasteiger charge is 2.53. The van der Waals surface area contributed by atoms with Crippen LogP contribution in [0.4, 0.5) is 17.6 Å². The van der Waals surface area contributed by atoms with Gasteiger partial charge in [0, 0.05) is 34.5 Å². The summed E-state index contributed by atoms with van der Waals surface area (Å²) in [6, 6.07) is 4.41. The number of halogens is 4. The van der Waals surface area contributed by atoms with Crippen LogP contribution < -0.4 is 5.32 Å². The van der Waals surface area contributed by atoms with Crippen molar-refractivity contribution in [3.8, 4) is 6.07 Å².